The van der Waals surface area contributed by atoms with Gasteiger partial charge in [-0.05, 0) is 74.1 Å². The van der Waals surface area contributed by atoms with Crippen molar-refractivity contribution < 1.29 is 9.90 Å². The van der Waals surface area contributed by atoms with Crippen LogP contribution < -0.4 is 16.5 Å². The van der Waals surface area contributed by atoms with Gasteiger partial charge in [0.2, 0.25) is 0 Å². The molecule has 0 bridgehead atoms. The van der Waals surface area contributed by atoms with Gasteiger partial charge in [0.1, 0.15) is 11.6 Å². The molecule has 0 atom stereocenters. The zero-order chi connectivity index (χ0) is 32.7. The van der Waals surface area contributed by atoms with Crippen molar-refractivity contribution in [2.75, 3.05) is 18.1 Å². The van der Waals surface area contributed by atoms with Crippen LogP contribution in [-0.2, 0) is 17.7 Å². The summed E-state index contributed by atoms with van der Waals surface area (Å²) in [5, 5.41) is 25.3. The minimum atomic E-state index is -0.324. The minimum absolute atomic E-state index is 0.111. The number of phenolic OH excluding ortho intramolecular Hbond substituents is 1. The third-order valence-corrected chi connectivity index (χ3v) is 10.0. The van der Waals surface area contributed by atoms with Crippen LogP contribution in [0.5, 0.6) is 5.75 Å². The van der Waals surface area contributed by atoms with Crippen LogP contribution in [0.4, 0.5) is 10.6 Å². The highest BCUT2D eigenvalue weighted by atomic mass is 32.2. The van der Waals surface area contributed by atoms with Crippen LogP contribution in [0.25, 0.3) is 5.69 Å². The van der Waals surface area contributed by atoms with E-state index in [0.29, 0.717) is 30.3 Å². The standard InChI is InChI=1S/C35H39N7O2S2/c1-5-24-12-10-14-26(20-24)42-32(21-31(40-42)35(2,3)45-4)38-34(44)37-22-25-13-6-9-18-30(25)46-27-15-11-19-41(23-27)33(39-36)28-16-7-8-17-29(28)43/h6-18,20-21,23,43H,5,19,22,36H2,1-4H3,(H2,37,38,44)/b39-33-. The topological polar surface area (TPSA) is 121 Å². The van der Waals surface area contributed by atoms with E-state index < -0.39 is 0 Å². The normalized spacial score (nSPS) is 13.4. The van der Waals surface area contributed by atoms with Crippen molar-refractivity contribution >= 4 is 41.2 Å². The molecule has 238 valence electrons. The molecule has 2 amide bonds. The van der Waals surface area contributed by atoms with Crippen molar-refractivity contribution in [2.45, 2.75) is 43.4 Å². The molecular formula is C35H39N7O2S2. The van der Waals surface area contributed by atoms with Crippen LogP contribution in [0, 0.1) is 0 Å². The van der Waals surface area contributed by atoms with E-state index in [1.54, 1.807) is 46.4 Å². The molecule has 0 saturated carbocycles. The highest BCUT2D eigenvalue weighted by molar-refractivity contribution is 8.03. The largest absolute Gasteiger partial charge is 0.507 e. The minimum Gasteiger partial charge on any atom is -0.507 e. The summed E-state index contributed by atoms with van der Waals surface area (Å²) in [6.45, 7) is 7.25. The van der Waals surface area contributed by atoms with Crippen molar-refractivity contribution in [1.29, 1.82) is 0 Å². The summed E-state index contributed by atoms with van der Waals surface area (Å²) in [7, 11) is 0. The average molecular weight is 654 g/mol. The summed E-state index contributed by atoms with van der Waals surface area (Å²) >= 11 is 3.28. The van der Waals surface area contributed by atoms with Gasteiger partial charge in [-0.25, -0.2) is 9.48 Å². The Labute approximate surface area is 278 Å². The number of amidine groups is 1. The summed E-state index contributed by atoms with van der Waals surface area (Å²) in [5.41, 5.74) is 4.50. The first-order chi connectivity index (χ1) is 22.2. The SMILES string of the molecule is CCc1cccc(-n2nc(C(C)(C)SC)cc2NC(=O)NCc2ccccc2SC2=CN(/C(=N\N)c3ccccc3O)CC=C2)c1. The number of para-hydroxylation sites is 1. The molecule has 4 aromatic rings. The van der Waals surface area contributed by atoms with E-state index in [-0.39, 0.29) is 16.5 Å². The average Bonchev–Trinajstić information content (AvgIpc) is 3.50. The molecule has 11 heteroatoms. The molecule has 2 heterocycles. The number of allylic oxidation sites excluding steroid dienone is 1. The van der Waals surface area contributed by atoms with E-state index in [1.165, 1.54) is 5.56 Å². The number of anilines is 1. The number of nitrogens with one attached hydrogen (secondary N) is 2. The lowest BCUT2D eigenvalue weighted by Gasteiger charge is -2.24. The summed E-state index contributed by atoms with van der Waals surface area (Å²) in [5.74, 6) is 6.94. The maximum absolute atomic E-state index is 13.3. The molecule has 0 aliphatic carbocycles. The predicted molar refractivity (Wildman–Crippen MR) is 190 cm³/mol. The number of benzene rings is 3. The predicted octanol–water partition coefficient (Wildman–Crippen LogP) is 7.19. The number of aryl methyl sites for hydroxylation is 1. The van der Waals surface area contributed by atoms with Gasteiger partial charge in [-0.3, -0.25) is 5.32 Å². The van der Waals surface area contributed by atoms with Crippen molar-refractivity contribution in [3.05, 3.63) is 125 Å². The number of aromatic hydroxyl groups is 1. The molecular weight excluding hydrogens is 615 g/mol. The Hall–Kier alpha value is -4.61. The Bertz CT molecular complexity index is 1790. The molecule has 46 heavy (non-hydrogen) atoms. The molecule has 1 aromatic heterocycles. The second-order valence-electron chi connectivity index (χ2n) is 11.1. The zero-order valence-electron chi connectivity index (χ0n) is 26.4. The van der Waals surface area contributed by atoms with E-state index in [4.69, 9.17) is 10.9 Å². The molecule has 0 spiro atoms. The number of rotatable bonds is 10. The highest BCUT2D eigenvalue weighted by Gasteiger charge is 2.25. The van der Waals surface area contributed by atoms with Crippen molar-refractivity contribution in [3.63, 3.8) is 0 Å². The number of nitrogens with zero attached hydrogens (tertiary/aromatic N) is 4. The number of amides is 2. The quantitative estimate of drug-likeness (QED) is 0.0619. The number of nitrogens with two attached hydrogens (primary N) is 1. The molecule has 1 aliphatic heterocycles. The van der Waals surface area contributed by atoms with Gasteiger partial charge in [0.25, 0.3) is 0 Å². The van der Waals surface area contributed by atoms with Crippen LogP contribution in [0.15, 0.2) is 112 Å². The van der Waals surface area contributed by atoms with Gasteiger partial charge in [-0.15, -0.1) is 0 Å². The molecule has 3 aromatic carbocycles. The lowest BCUT2D eigenvalue weighted by Crippen LogP contribution is -2.30. The molecule has 5 N–H and O–H groups in total. The number of hydrogen-bond donors (Lipinski definition) is 4. The van der Waals surface area contributed by atoms with Crippen LogP contribution in [0.3, 0.4) is 0 Å². The van der Waals surface area contributed by atoms with Crippen molar-refractivity contribution in [3.8, 4) is 11.4 Å². The number of urea groups is 1. The van der Waals surface area contributed by atoms with Crippen molar-refractivity contribution in [1.82, 2.24) is 20.0 Å². The van der Waals surface area contributed by atoms with Crippen LogP contribution >= 0.6 is 23.5 Å². The molecule has 1 aliphatic rings. The fourth-order valence-electron chi connectivity index (χ4n) is 4.89. The van der Waals surface area contributed by atoms with E-state index in [9.17, 15) is 9.90 Å². The monoisotopic (exact) mass is 653 g/mol. The van der Waals surface area contributed by atoms with E-state index in [2.05, 4.69) is 54.9 Å². The second-order valence-corrected chi connectivity index (χ2v) is 13.7. The molecule has 0 saturated heterocycles. The van der Waals surface area contributed by atoms with E-state index >= 15 is 0 Å². The fraction of sp³-hybridized carbons (Fsp3) is 0.229. The fourth-order valence-corrected chi connectivity index (χ4v) is 6.21. The zero-order valence-corrected chi connectivity index (χ0v) is 28.0. The van der Waals surface area contributed by atoms with E-state index in [0.717, 1.165) is 33.2 Å². The lowest BCUT2D eigenvalue weighted by molar-refractivity contribution is 0.251. The van der Waals surface area contributed by atoms with E-state index in [1.807, 2.05) is 71.8 Å². The van der Waals surface area contributed by atoms with Gasteiger partial charge in [0.05, 0.1) is 21.7 Å². The smallest absolute Gasteiger partial charge is 0.320 e. The van der Waals surface area contributed by atoms with Crippen LogP contribution in [0.2, 0.25) is 0 Å². The molecule has 0 unspecified atom stereocenters. The molecule has 9 nitrogen and oxygen atoms in total. The number of hydrogen-bond acceptors (Lipinski definition) is 7. The second kappa shape index (κ2) is 14.7. The first-order valence-corrected chi connectivity index (χ1v) is 17.0. The Morgan fingerprint density at radius 2 is 1.87 bits per heavy atom. The van der Waals surface area contributed by atoms with Crippen LogP contribution in [0.1, 0.15) is 43.2 Å². The number of carbonyl (C=O) groups excluding carboxylic acids is 1. The molecule has 5 rings (SSSR count). The highest BCUT2D eigenvalue weighted by Crippen LogP contribution is 2.35. The number of aromatic nitrogens is 2. The van der Waals surface area contributed by atoms with Gasteiger partial charge in [0, 0.05) is 35.2 Å². The third kappa shape index (κ3) is 7.60. The van der Waals surface area contributed by atoms with Gasteiger partial charge < -0.3 is 21.2 Å². The summed E-state index contributed by atoms with van der Waals surface area (Å²) < 4.78 is 1.57. The maximum Gasteiger partial charge on any atom is 0.320 e. The number of phenols is 1. The molecule has 0 radical (unpaired) electrons. The van der Waals surface area contributed by atoms with Gasteiger partial charge in [-0.2, -0.15) is 22.0 Å². The lowest BCUT2D eigenvalue weighted by atomic mass is 10.1. The number of hydrazone groups is 1. The summed E-state index contributed by atoms with van der Waals surface area (Å²) in [6.07, 6.45) is 8.98. The van der Waals surface area contributed by atoms with Gasteiger partial charge >= 0.3 is 6.03 Å². The van der Waals surface area contributed by atoms with Gasteiger partial charge in [0.15, 0.2) is 5.84 Å². The third-order valence-electron chi connectivity index (χ3n) is 7.69. The van der Waals surface area contributed by atoms with Gasteiger partial charge in [-0.1, -0.05) is 67.2 Å². The maximum atomic E-state index is 13.3. The number of carbonyl (C=O) groups is 1. The first kappa shape index (κ1) is 32.8. The number of thioether (sulfide) groups is 2. The Balaban J connectivity index is 1.31. The first-order valence-electron chi connectivity index (χ1n) is 15.0. The Morgan fingerprint density at radius 1 is 1.09 bits per heavy atom. The Morgan fingerprint density at radius 3 is 2.63 bits per heavy atom. The van der Waals surface area contributed by atoms with Crippen molar-refractivity contribution in [2.24, 2.45) is 10.9 Å². The Kier molecular flexibility index (Phi) is 10.4. The summed E-state index contributed by atoms with van der Waals surface area (Å²) in [6, 6.07) is 24.8. The van der Waals surface area contributed by atoms with Crippen LogP contribution in [-0.4, -0.2) is 44.5 Å². The summed E-state index contributed by atoms with van der Waals surface area (Å²) in [4.78, 5) is 17.1. The molecule has 0 fully saturated rings.